The third-order valence-corrected chi connectivity index (χ3v) is 8.58. The van der Waals surface area contributed by atoms with E-state index in [0.717, 1.165) is 28.9 Å². The molecule has 3 aromatic carbocycles. The molecule has 3 amide bonds. The zero-order chi connectivity index (χ0) is 25.9. The Hall–Kier alpha value is -4.10. The number of benzene rings is 3. The number of fused-ring (bicyclic) bond motifs is 5. The number of urea groups is 1. The van der Waals surface area contributed by atoms with E-state index in [1.165, 1.54) is 11.1 Å². The average Bonchev–Trinajstić information content (AvgIpc) is 3.47. The Bertz CT molecular complexity index is 1570. The molecule has 2 bridgehead atoms. The van der Waals surface area contributed by atoms with Gasteiger partial charge in [0, 0.05) is 30.6 Å². The lowest BCUT2D eigenvalue weighted by atomic mass is 9.88. The predicted octanol–water partition coefficient (Wildman–Crippen LogP) is 6.38. The Morgan fingerprint density at radius 2 is 1.89 bits per heavy atom. The number of nitrogens with zero attached hydrogens (tertiary/aromatic N) is 2. The molecule has 0 aliphatic carbocycles. The molecule has 38 heavy (non-hydrogen) atoms. The molecule has 4 heterocycles. The van der Waals surface area contributed by atoms with Crippen molar-refractivity contribution in [2.45, 2.75) is 38.1 Å². The third kappa shape index (κ3) is 3.77. The lowest BCUT2D eigenvalue weighted by Crippen LogP contribution is -2.65. The van der Waals surface area contributed by atoms with Gasteiger partial charge >= 0.3 is 6.03 Å². The van der Waals surface area contributed by atoms with Crippen LogP contribution in [0.3, 0.4) is 0 Å². The molecule has 0 radical (unpaired) electrons. The van der Waals surface area contributed by atoms with E-state index in [4.69, 9.17) is 4.74 Å². The molecule has 2 atom stereocenters. The first-order valence-corrected chi connectivity index (χ1v) is 13.9. The second kappa shape index (κ2) is 8.74. The summed E-state index contributed by atoms with van der Waals surface area (Å²) in [7, 11) is 0. The van der Waals surface area contributed by atoms with Crippen LogP contribution in [0, 0.1) is 0 Å². The van der Waals surface area contributed by atoms with Gasteiger partial charge in [0.2, 0.25) is 0 Å². The van der Waals surface area contributed by atoms with Crippen molar-refractivity contribution in [2.75, 3.05) is 11.4 Å². The van der Waals surface area contributed by atoms with E-state index in [9.17, 15) is 9.59 Å². The van der Waals surface area contributed by atoms with Gasteiger partial charge in [-0.25, -0.2) is 4.79 Å². The number of carbonyl (C=O) groups is 2. The number of thiophene rings is 1. The number of hydrogen-bond acceptors (Lipinski definition) is 4. The standard InChI is InChI=1S/C31H27N3O3S/c1-31-17-27(26-16-21(9-10-28(26)37-31)24-12-14-38-19-24)32-30(36)34(31)25-8-4-7-22(15-25)29(35)33-13-11-20-5-2-3-6-23(20)18-33/h2-10,12,14-16,19,27H,11,13,17-18H2,1H3,(H,32,36). The summed E-state index contributed by atoms with van der Waals surface area (Å²) in [5, 5.41) is 7.37. The van der Waals surface area contributed by atoms with Crippen LogP contribution in [0.2, 0.25) is 0 Å². The zero-order valence-corrected chi connectivity index (χ0v) is 21.8. The van der Waals surface area contributed by atoms with Gasteiger partial charge in [0.25, 0.3) is 5.91 Å². The van der Waals surface area contributed by atoms with Gasteiger partial charge in [-0.1, -0.05) is 36.4 Å². The molecule has 1 fully saturated rings. The number of hydrogen-bond donors (Lipinski definition) is 1. The molecule has 4 aromatic rings. The van der Waals surface area contributed by atoms with E-state index in [0.29, 0.717) is 30.8 Å². The van der Waals surface area contributed by atoms with Gasteiger partial charge in [-0.05, 0) is 82.8 Å². The van der Waals surface area contributed by atoms with Crippen molar-refractivity contribution in [3.63, 3.8) is 0 Å². The van der Waals surface area contributed by atoms with Crippen LogP contribution in [0.5, 0.6) is 5.75 Å². The van der Waals surface area contributed by atoms with Gasteiger partial charge in [-0.2, -0.15) is 11.3 Å². The smallest absolute Gasteiger partial charge is 0.325 e. The first-order chi connectivity index (χ1) is 18.5. The van der Waals surface area contributed by atoms with Gasteiger partial charge in [0.15, 0.2) is 5.72 Å². The summed E-state index contributed by atoms with van der Waals surface area (Å²) in [6.07, 6.45) is 1.44. The summed E-state index contributed by atoms with van der Waals surface area (Å²) in [5.41, 5.74) is 6.09. The molecule has 7 heteroatoms. The highest BCUT2D eigenvalue weighted by atomic mass is 32.1. The number of anilines is 1. The third-order valence-electron chi connectivity index (χ3n) is 7.90. The summed E-state index contributed by atoms with van der Waals surface area (Å²) in [6.45, 7) is 3.22. The van der Waals surface area contributed by atoms with Crippen molar-refractivity contribution in [3.05, 3.63) is 106 Å². The number of amides is 3. The number of rotatable bonds is 3. The van der Waals surface area contributed by atoms with E-state index in [1.54, 1.807) is 16.2 Å². The van der Waals surface area contributed by atoms with Crippen LogP contribution in [-0.2, 0) is 13.0 Å². The minimum absolute atomic E-state index is 0.0299. The van der Waals surface area contributed by atoms with E-state index >= 15 is 0 Å². The number of nitrogens with one attached hydrogen (secondary N) is 1. The first-order valence-electron chi connectivity index (χ1n) is 12.9. The highest BCUT2D eigenvalue weighted by Gasteiger charge is 2.50. The largest absolute Gasteiger partial charge is 0.467 e. The molecule has 7 rings (SSSR count). The minimum Gasteiger partial charge on any atom is -0.467 e. The van der Waals surface area contributed by atoms with Gasteiger partial charge in [0.05, 0.1) is 11.7 Å². The van der Waals surface area contributed by atoms with E-state index < -0.39 is 5.72 Å². The van der Waals surface area contributed by atoms with Crippen LogP contribution in [0.1, 0.15) is 46.4 Å². The van der Waals surface area contributed by atoms with Gasteiger partial charge < -0.3 is 15.0 Å². The van der Waals surface area contributed by atoms with Crippen LogP contribution in [0.15, 0.2) is 83.6 Å². The molecule has 3 aliphatic rings. The summed E-state index contributed by atoms with van der Waals surface area (Å²) in [6, 6.07) is 23.5. The Morgan fingerprint density at radius 3 is 2.74 bits per heavy atom. The second-order valence-electron chi connectivity index (χ2n) is 10.4. The van der Waals surface area contributed by atoms with Crippen LogP contribution in [0.4, 0.5) is 10.5 Å². The summed E-state index contributed by atoms with van der Waals surface area (Å²) < 4.78 is 6.53. The van der Waals surface area contributed by atoms with Crippen molar-refractivity contribution in [2.24, 2.45) is 0 Å². The lowest BCUT2D eigenvalue weighted by molar-refractivity contribution is 0.0378. The first kappa shape index (κ1) is 23.0. The number of carbonyl (C=O) groups excluding carboxylic acids is 2. The topological polar surface area (TPSA) is 61.9 Å². The summed E-state index contributed by atoms with van der Waals surface area (Å²) >= 11 is 1.66. The molecule has 190 valence electrons. The Morgan fingerprint density at radius 1 is 1.03 bits per heavy atom. The molecular weight excluding hydrogens is 494 g/mol. The predicted molar refractivity (Wildman–Crippen MR) is 148 cm³/mol. The molecule has 3 aliphatic heterocycles. The molecule has 6 nitrogen and oxygen atoms in total. The lowest BCUT2D eigenvalue weighted by Gasteiger charge is -2.50. The normalized spacial score (nSPS) is 21.7. The Balaban J connectivity index is 1.17. The van der Waals surface area contributed by atoms with Crippen LogP contribution >= 0.6 is 11.3 Å². The highest BCUT2D eigenvalue weighted by molar-refractivity contribution is 7.08. The fourth-order valence-corrected chi connectivity index (χ4v) is 6.67. The Kier molecular flexibility index (Phi) is 5.30. The van der Waals surface area contributed by atoms with Crippen molar-refractivity contribution in [3.8, 4) is 16.9 Å². The average molecular weight is 522 g/mol. The van der Waals surface area contributed by atoms with Gasteiger partial charge in [-0.15, -0.1) is 0 Å². The van der Waals surface area contributed by atoms with E-state index in [2.05, 4.69) is 46.4 Å². The molecule has 2 unspecified atom stereocenters. The Labute approximate surface area is 225 Å². The molecule has 1 saturated heterocycles. The molecule has 0 saturated carbocycles. The highest BCUT2D eigenvalue weighted by Crippen LogP contribution is 2.46. The second-order valence-corrected chi connectivity index (χ2v) is 11.2. The summed E-state index contributed by atoms with van der Waals surface area (Å²) in [5.74, 6) is 0.740. The molecule has 1 N–H and O–H groups in total. The van der Waals surface area contributed by atoms with Crippen LogP contribution in [-0.4, -0.2) is 29.1 Å². The maximum Gasteiger partial charge on any atom is 0.325 e. The van der Waals surface area contributed by atoms with Crippen molar-refractivity contribution < 1.29 is 14.3 Å². The maximum absolute atomic E-state index is 13.5. The fourth-order valence-electron chi connectivity index (χ4n) is 6.00. The minimum atomic E-state index is -0.879. The number of ether oxygens (including phenoxy) is 1. The SMILES string of the molecule is CC12CC(NC(=O)N1c1cccc(C(=O)N3CCc4ccccc4C3)c1)c1cc(-c3ccsc3)ccc1O2. The van der Waals surface area contributed by atoms with E-state index in [-0.39, 0.29) is 18.0 Å². The molecular formula is C31H27N3O3S. The van der Waals surface area contributed by atoms with Crippen LogP contribution in [0.25, 0.3) is 11.1 Å². The quantitative estimate of drug-likeness (QED) is 0.340. The van der Waals surface area contributed by atoms with E-state index in [1.807, 2.05) is 54.3 Å². The summed E-state index contributed by atoms with van der Waals surface area (Å²) in [4.78, 5) is 30.5. The molecule has 0 spiro atoms. The zero-order valence-electron chi connectivity index (χ0n) is 21.0. The molecule has 1 aromatic heterocycles. The van der Waals surface area contributed by atoms with Crippen molar-refractivity contribution >= 4 is 29.0 Å². The maximum atomic E-state index is 13.5. The van der Waals surface area contributed by atoms with Crippen LogP contribution < -0.4 is 15.0 Å². The van der Waals surface area contributed by atoms with Crippen molar-refractivity contribution in [1.29, 1.82) is 0 Å². The monoisotopic (exact) mass is 521 g/mol. The van der Waals surface area contributed by atoms with Gasteiger partial charge in [0.1, 0.15) is 5.75 Å². The van der Waals surface area contributed by atoms with Crippen molar-refractivity contribution in [1.82, 2.24) is 10.2 Å². The van der Waals surface area contributed by atoms with Gasteiger partial charge in [-0.3, -0.25) is 9.69 Å². The fraction of sp³-hybridized carbons (Fsp3) is 0.226.